The molecule has 0 amide bonds. The van der Waals surface area contributed by atoms with Gasteiger partial charge in [-0.3, -0.25) is 4.79 Å². The van der Waals surface area contributed by atoms with Gasteiger partial charge in [0.2, 0.25) is 0 Å². The van der Waals surface area contributed by atoms with E-state index < -0.39 is 6.10 Å². The zero-order chi connectivity index (χ0) is 43.3. The van der Waals surface area contributed by atoms with Crippen molar-refractivity contribution in [3.63, 3.8) is 0 Å². The molecular weight excluding hydrogens is 737 g/mol. The highest BCUT2D eigenvalue weighted by Gasteiger charge is 2.13. The van der Waals surface area contributed by atoms with Crippen LogP contribution in [-0.2, 0) is 14.3 Å². The maximum absolute atomic E-state index is 12.3. The summed E-state index contributed by atoms with van der Waals surface area (Å²) in [6, 6.07) is 0. The molecule has 0 aliphatic carbocycles. The maximum Gasteiger partial charge on any atom is 0.306 e. The summed E-state index contributed by atoms with van der Waals surface area (Å²) in [6.07, 6.45) is 72.9. The van der Waals surface area contributed by atoms with Crippen LogP contribution in [0.2, 0.25) is 0 Å². The summed E-state index contributed by atoms with van der Waals surface area (Å²) in [5.74, 6) is -0.223. The third-order valence-corrected chi connectivity index (χ3v) is 11.3. The molecule has 1 atom stereocenters. The SMILES string of the molecule is CC/C=C\C/C=C\C/C=C\C/C=C\C/C=C\C/C=C\CCCCCCC(=O)OC(CO)COCCCCCCCCCCCCCCCCCCCCCCCCCCC. The molecule has 0 rings (SSSR count). The topological polar surface area (TPSA) is 55.8 Å². The number of hydrogen-bond acceptors (Lipinski definition) is 4. The highest BCUT2D eigenvalue weighted by atomic mass is 16.6. The number of unbranched alkanes of at least 4 members (excludes halogenated alkanes) is 28. The fourth-order valence-corrected chi connectivity index (χ4v) is 7.45. The van der Waals surface area contributed by atoms with E-state index in [0.717, 1.165) is 77.0 Å². The zero-order valence-corrected chi connectivity index (χ0v) is 40.0. The Kier molecular flexibility index (Phi) is 51.1. The lowest BCUT2D eigenvalue weighted by Crippen LogP contribution is -2.27. The predicted octanol–water partition coefficient (Wildman–Crippen LogP) is 17.7. The standard InChI is InChI=1S/C56H100O4/c1-3-5-7-9-11-13-15-17-19-21-23-25-27-28-30-32-34-36-38-40-42-44-46-48-50-52-59-54-55(53-57)60-56(58)51-49-47-45-43-41-39-37-35-33-31-29-26-24-22-20-18-16-14-12-10-8-6-4-2/h6,8,12,14,18,20,24,26,31,33,37,39,55,57H,3-5,7,9-11,13,15-17,19,21-23,25,27-30,32,34-36,38,40-54H2,1-2H3/b8-6-,14-12-,20-18-,26-24-,33-31-,39-37-. The van der Waals surface area contributed by atoms with Crippen LogP contribution in [0.4, 0.5) is 0 Å². The van der Waals surface area contributed by atoms with E-state index in [9.17, 15) is 9.90 Å². The fourth-order valence-electron chi connectivity index (χ4n) is 7.45. The summed E-state index contributed by atoms with van der Waals surface area (Å²) in [6.45, 7) is 5.23. The van der Waals surface area contributed by atoms with Crippen LogP contribution in [0.1, 0.15) is 251 Å². The van der Waals surface area contributed by atoms with Crippen molar-refractivity contribution in [1.82, 2.24) is 0 Å². The molecule has 0 spiro atoms. The molecule has 0 aromatic carbocycles. The molecule has 1 unspecified atom stereocenters. The second-order valence-corrected chi connectivity index (χ2v) is 17.2. The molecule has 1 N–H and O–H groups in total. The van der Waals surface area contributed by atoms with Gasteiger partial charge in [-0.05, 0) is 64.2 Å². The van der Waals surface area contributed by atoms with E-state index in [-0.39, 0.29) is 19.2 Å². The van der Waals surface area contributed by atoms with Crippen LogP contribution < -0.4 is 0 Å². The Hall–Kier alpha value is -2.17. The molecule has 4 nitrogen and oxygen atoms in total. The number of aliphatic hydroxyl groups is 1. The van der Waals surface area contributed by atoms with Crippen LogP contribution >= 0.6 is 0 Å². The average molecular weight is 837 g/mol. The van der Waals surface area contributed by atoms with Gasteiger partial charge in [0.25, 0.3) is 0 Å². The van der Waals surface area contributed by atoms with Crippen molar-refractivity contribution in [2.45, 2.75) is 258 Å². The minimum atomic E-state index is -0.551. The first-order valence-corrected chi connectivity index (χ1v) is 26.0. The summed E-state index contributed by atoms with van der Waals surface area (Å²) >= 11 is 0. The van der Waals surface area contributed by atoms with E-state index in [1.165, 1.54) is 154 Å². The van der Waals surface area contributed by atoms with Gasteiger partial charge in [0.05, 0.1) is 13.2 Å². The molecule has 0 saturated carbocycles. The number of aliphatic hydroxyl groups excluding tert-OH is 1. The van der Waals surface area contributed by atoms with Crippen LogP contribution in [0.3, 0.4) is 0 Å². The van der Waals surface area contributed by atoms with Crippen molar-refractivity contribution in [3.8, 4) is 0 Å². The minimum absolute atomic E-state index is 0.183. The molecular formula is C56H100O4. The van der Waals surface area contributed by atoms with Gasteiger partial charge < -0.3 is 14.6 Å². The Labute approximate surface area is 374 Å². The number of rotatable bonds is 48. The van der Waals surface area contributed by atoms with Crippen LogP contribution in [-0.4, -0.2) is 37.0 Å². The van der Waals surface area contributed by atoms with E-state index in [1.54, 1.807) is 0 Å². The van der Waals surface area contributed by atoms with E-state index >= 15 is 0 Å². The molecule has 348 valence electrons. The van der Waals surface area contributed by atoms with Crippen LogP contribution in [0.15, 0.2) is 72.9 Å². The van der Waals surface area contributed by atoms with Gasteiger partial charge in [-0.1, -0.05) is 254 Å². The van der Waals surface area contributed by atoms with Crippen LogP contribution in [0, 0.1) is 0 Å². The number of ether oxygens (including phenoxy) is 2. The summed E-state index contributed by atoms with van der Waals surface area (Å²) in [5.41, 5.74) is 0. The first-order valence-electron chi connectivity index (χ1n) is 26.0. The smallest absolute Gasteiger partial charge is 0.306 e. The zero-order valence-electron chi connectivity index (χ0n) is 40.0. The molecule has 0 fully saturated rings. The number of allylic oxidation sites excluding steroid dienone is 12. The molecule has 0 aliphatic rings. The van der Waals surface area contributed by atoms with Crippen molar-refractivity contribution < 1.29 is 19.4 Å². The lowest BCUT2D eigenvalue weighted by atomic mass is 10.0. The highest BCUT2D eigenvalue weighted by Crippen LogP contribution is 2.16. The lowest BCUT2D eigenvalue weighted by Gasteiger charge is -2.15. The average Bonchev–Trinajstić information content (AvgIpc) is 3.25. The summed E-state index contributed by atoms with van der Waals surface area (Å²) < 4.78 is 11.2. The molecule has 0 aromatic heterocycles. The first-order chi connectivity index (χ1) is 29.7. The summed E-state index contributed by atoms with van der Waals surface area (Å²) in [5, 5.41) is 9.65. The maximum atomic E-state index is 12.3. The molecule has 0 radical (unpaired) electrons. The van der Waals surface area contributed by atoms with Crippen molar-refractivity contribution in [2.24, 2.45) is 0 Å². The Morgan fingerprint density at radius 2 is 0.750 bits per heavy atom. The minimum Gasteiger partial charge on any atom is -0.457 e. The number of carbonyl (C=O) groups is 1. The Morgan fingerprint density at radius 1 is 0.417 bits per heavy atom. The van der Waals surface area contributed by atoms with Gasteiger partial charge in [0.15, 0.2) is 0 Å². The van der Waals surface area contributed by atoms with Crippen LogP contribution in [0.5, 0.6) is 0 Å². The molecule has 0 bridgehead atoms. The highest BCUT2D eigenvalue weighted by molar-refractivity contribution is 5.69. The van der Waals surface area contributed by atoms with Gasteiger partial charge in [-0.25, -0.2) is 0 Å². The second kappa shape index (κ2) is 53.0. The largest absolute Gasteiger partial charge is 0.457 e. The van der Waals surface area contributed by atoms with Gasteiger partial charge in [-0.15, -0.1) is 0 Å². The third-order valence-electron chi connectivity index (χ3n) is 11.3. The van der Waals surface area contributed by atoms with Gasteiger partial charge >= 0.3 is 5.97 Å². The Balaban J connectivity index is 3.45. The summed E-state index contributed by atoms with van der Waals surface area (Å²) in [7, 11) is 0. The molecule has 0 saturated heterocycles. The third kappa shape index (κ3) is 50.2. The van der Waals surface area contributed by atoms with Gasteiger partial charge in [0, 0.05) is 13.0 Å². The second-order valence-electron chi connectivity index (χ2n) is 17.2. The monoisotopic (exact) mass is 837 g/mol. The van der Waals surface area contributed by atoms with E-state index in [0.29, 0.717) is 13.0 Å². The number of carbonyl (C=O) groups excluding carboxylic acids is 1. The molecule has 0 aromatic rings. The Bertz CT molecular complexity index is 1020. The van der Waals surface area contributed by atoms with E-state index in [1.807, 2.05) is 0 Å². The van der Waals surface area contributed by atoms with Crippen LogP contribution in [0.25, 0.3) is 0 Å². The quantitative estimate of drug-likeness (QED) is 0.0377. The first kappa shape index (κ1) is 57.8. The normalized spacial score (nSPS) is 12.9. The fraction of sp³-hybridized carbons (Fsp3) is 0.768. The number of esters is 1. The molecule has 4 heteroatoms. The van der Waals surface area contributed by atoms with Crippen molar-refractivity contribution in [2.75, 3.05) is 19.8 Å². The molecule has 0 heterocycles. The summed E-state index contributed by atoms with van der Waals surface area (Å²) in [4.78, 5) is 12.3. The van der Waals surface area contributed by atoms with Crippen molar-refractivity contribution in [1.29, 1.82) is 0 Å². The van der Waals surface area contributed by atoms with Crippen molar-refractivity contribution in [3.05, 3.63) is 72.9 Å². The lowest BCUT2D eigenvalue weighted by molar-refractivity contribution is -0.154. The van der Waals surface area contributed by atoms with Crippen molar-refractivity contribution >= 4 is 5.97 Å². The van der Waals surface area contributed by atoms with E-state index in [2.05, 4.69) is 86.8 Å². The van der Waals surface area contributed by atoms with Gasteiger partial charge in [0.1, 0.15) is 6.10 Å². The van der Waals surface area contributed by atoms with Gasteiger partial charge in [-0.2, -0.15) is 0 Å². The molecule has 0 aliphatic heterocycles. The Morgan fingerprint density at radius 3 is 1.13 bits per heavy atom. The van der Waals surface area contributed by atoms with E-state index in [4.69, 9.17) is 9.47 Å². The number of hydrogen-bond donors (Lipinski definition) is 1. The predicted molar refractivity (Wildman–Crippen MR) is 265 cm³/mol. The molecule has 60 heavy (non-hydrogen) atoms.